The van der Waals surface area contributed by atoms with E-state index in [0.29, 0.717) is 24.1 Å². The van der Waals surface area contributed by atoms with Gasteiger partial charge < -0.3 is 5.32 Å². The van der Waals surface area contributed by atoms with Crippen molar-refractivity contribution >= 4 is 29.0 Å². The molecule has 2 aromatic rings. The van der Waals surface area contributed by atoms with E-state index in [0.717, 1.165) is 18.2 Å². The number of urea groups is 1. The van der Waals surface area contributed by atoms with Crippen molar-refractivity contribution in [3.8, 4) is 0 Å². The zero-order chi connectivity index (χ0) is 19.1. The number of carbonyl (C=O) groups excluding carboxylic acids is 1. The minimum atomic E-state index is -4.55. The van der Waals surface area contributed by atoms with Gasteiger partial charge in [0.15, 0.2) is 0 Å². The highest BCUT2D eigenvalue weighted by molar-refractivity contribution is 6.33. The minimum Gasteiger partial charge on any atom is -0.306 e. The van der Waals surface area contributed by atoms with Gasteiger partial charge in [-0.3, -0.25) is 4.90 Å². The average molecular weight is 387 g/mol. The molecule has 0 saturated heterocycles. The van der Waals surface area contributed by atoms with Crippen molar-refractivity contribution in [3.05, 3.63) is 58.4 Å². The van der Waals surface area contributed by atoms with Gasteiger partial charge in [-0.1, -0.05) is 11.6 Å². The van der Waals surface area contributed by atoms with Gasteiger partial charge in [0, 0.05) is 11.7 Å². The van der Waals surface area contributed by atoms with E-state index in [1.165, 1.54) is 23.1 Å². The molecule has 2 aromatic carbocycles. The molecule has 1 N–H and O–H groups in total. The lowest BCUT2D eigenvalue weighted by atomic mass is 9.97. The van der Waals surface area contributed by atoms with Gasteiger partial charge in [-0.25, -0.2) is 9.18 Å². The molecule has 2 amide bonds. The Hall–Kier alpha value is -2.28. The van der Waals surface area contributed by atoms with Gasteiger partial charge in [-0.15, -0.1) is 0 Å². The van der Waals surface area contributed by atoms with Gasteiger partial charge in [-0.2, -0.15) is 13.2 Å². The van der Waals surface area contributed by atoms with Crippen molar-refractivity contribution in [1.82, 2.24) is 0 Å². The number of carbonyl (C=O) groups is 1. The first-order valence-electron chi connectivity index (χ1n) is 7.92. The van der Waals surface area contributed by atoms with Crippen molar-refractivity contribution in [3.63, 3.8) is 0 Å². The number of hydrogen-bond acceptors (Lipinski definition) is 1. The first kappa shape index (κ1) is 18.5. The van der Waals surface area contributed by atoms with Gasteiger partial charge in [-0.05, 0) is 61.7 Å². The van der Waals surface area contributed by atoms with Crippen LogP contribution in [0.3, 0.4) is 0 Å². The third-order valence-electron chi connectivity index (χ3n) is 4.33. The van der Waals surface area contributed by atoms with Crippen molar-refractivity contribution in [1.29, 1.82) is 0 Å². The average Bonchev–Trinajstić information content (AvgIpc) is 2.55. The molecule has 3 nitrogen and oxygen atoms in total. The zero-order valence-electron chi connectivity index (χ0n) is 13.7. The Morgan fingerprint density at radius 2 is 1.96 bits per heavy atom. The highest BCUT2D eigenvalue weighted by atomic mass is 35.5. The number of halogens is 5. The summed E-state index contributed by atoms with van der Waals surface area (Å²) in [7, 11) is 0. The normalized spacial score (nSPS) is 17.0. The summed E-state index contributed by atoms with van der Waals surface area (Å²) in [5.41, 5.74) is 0.165. The highest BCUT2D eigenvalue weighted by Gasteiger charge is 2.32. The number of fused-ring (bicyclic) bond motifs is 1. The number of rotatable bonds is 1. The second kappa shape index (κ2) is 6.79. The van der Waals surface area contributed by atoms with E-state index in [1.807, 2.05) is 6.92 Å². The molecule has 0 radical (unpaired) electrons. The molecular formula is C18H15ClF4N2O. The molecule has 0 bridgehead atoms. The summed E-state index contributed by atoms with van der Waals surface area (Å²) in [6.45, 7) is 1.82. The van der Waals surface area contributed by atoms with Gasteiger partial charge >= 0.3 is 12.2 Å². The number of benzene rings is 2. The van der Waals surface area contributed by atoms with Crippen LogP contribution in [0.2, 0.25) is 5.02 Å². The van der Waals surface area contributed by atoms with Gasteiger partial charge in [0.05, 0.1) is 16.3 Å². The molecule has 0 spiro atoms. The van der Waals surface area contributed by atoms with Crippen LogP contribution in [0.15, 0.2) is 36.4 Å². The second-order valence-corrected chi connectivity index (χ2v) is 6.56. The van der Waals surface area contributed by atoms with Crippen molar-refractivity contribution in [2.24, 2.45) is 0 Å². The molecule has 3 rings (SSSR count). The number of nitrogens with zero attached hydrogens (tertiary/aromatic N) is 1. The molecule has 1 aliphatic heterocycles. The first-order valence-corrected chi connectivity index (χ1v) is 8.30. The molecule has 0 aliphatic carbocycles. The summed E-state index contributed by atoms with van der Waals surface area (Å²) in [5, 5.41) is 2.44. The Kier molecular flexibility index (Phi) is 4.84. The molecule has 0 unspecified atom stereocenters. The van der Waals surface area contributed by atoms with Crippen LogP contribution in [-0.2, 0) is 12.6 Å². The van der Waals surface area contributed by atoms with Crippen LogP contribution >= 0.6 is 11.6 Å². The summed E-state index contributed by atoms with van der Waals surface area (Å²) in [6, 6.07) is 6.01. The van der Waals surface area contributed by atoms with Crippen molar-refractivity contribution in [2.45, 2.75) is 32.0 Å². The topological polar surface area (TPSA) is 32.3 Å². The molecule has 0 aromatic heterocycles. The van der Waals surface area contributed by atoms with Crippen molar-refractivity contribution < 1.29 is 22.4 Å². The number of aryl methyl sites for hydroxylation is 1. The molecule has 0 saturated carbocycles. The molecule has 138 valence electrons. The van der Waals surface area contributed by atoms with E-state index in [4.69, 9.17) is 11.6 Å². The minimum absolute atomic E-state index is 0.00431. The third kappa shape index (κ3) is 3.62. The molecule has 1 aliphatic rings. The summed E-state index contributed by atoms with van der Waals surface area (Å²) < 4.78 is 52.1. The lowest BCUT2D eigenvalue weighted by Gasteiger charge is -2.35. The lowest BCUT2D eigenvalue weighted by molar-refractivity contribution is -0.137. The number of amides is 2. The van der Waals surface area contributed by atoms with Crippen LogP contribution in [0.25, 0.3) is 0 Å². The zero-order valence-corrected chi connectivity index (χ0v) is 14.5. The SMILES string of the molecule is C[C@H]1CCc2cc(F)ccc2N1C(=O)Nc1cc(C(F)(F)F)ccc1Cl. The smallest absolute Gasteiger partial charge is 0.306 e. The Labute approximate surface area is 152 Å². The first-order chi connectivity index (χ1) is 12.2. The maximum Gasteiger partial charge on any atom is 0.416 e. The highest BCUT2D eigenvalue weighted by Crippen LogP contribution is 2.35. The van der Waals surface area contributed by atoms with Crippen LogP contribution in [0.1, 0.15) is 24.5 Å². The van der Waals surface area contributed by atoms with Gasteiger partial charge in [0.1, 0.15) is 5.82 Å². The summed E-state index contributed by atoms with van der Waals surface area (Å²) in [5.74, 6) is -0.403. The largest absolute Gasteiger partial charge is 0.416 e. The van der Waals surface area contributed by atoms with Crippen LogP contribution < -0.4 is 10.2 Å². The van der Waals surface area contributed by atoms with Crippen LogP contribution in [-0.4, -0.2) is 12.1 Å². The second-order valence-electron chi connectivity index (χ2n) is 6.15. The van der Waals surface area contributed by atoms with E-state index < -0.39 is 23.6 Å². The summed E-state index contributed by atoms with van der Waals surface area (Å²) in [6.07, 6.45) is -3.32. The molecule has 1 heterocycles. The van der Waals surface area contributed by atoms with E-state index in [9.17, 15) is 22.4 Å². The Morgan fingerprint density at radius 1 is 1.23 bits per heavy atom. The van der Waals surface area contributed by atoms with E-state index in [-0.39, 0.29) is 16.8 Å². The van der Waals surface area contributed by atoms with E-state index >= 15 is 0 Å². The number of alkyl halides is 3. The van der Waals surface area contributed by atoms with E-state index in [2.05, 4.69) is 5.32 Å². The fraction of sp³-hybridized carbons (Fsp3) is 0.278. The number of nitrogens with one attached hydrogen (secondary N) is 1. The number of hydrogen-bond donors (Lipinski definition) is 1. The molecule has 0 fully saturated rings. The Balaban J connectivity index is 1.92. The number of anilines is 2. The fourth-order valence-corrected chi connectivity index (χ4v) is 3.17. The standard InChI is InChI=1S/C18H15ClF4N2O/c1-10-2-3-11-8-13(20)5-7-16(11)25(10)17(26)24-15-9-12(18(21,22)23)4-6-14(15)19/h4-10H,2-3H2,1H3,(H,24,26)/t10-/m0/s1. The van der Waals surface area contributed by atoms with Gasteiger partial charge in [0.25, 0.3) is 0 Å². The Bertz CT molecular complexity index is 854. The quantitative estimate of drug-likeness (QED) is 0.611. The monoisotopic (exact) mass is 386 g/mol. The summed E-state index contributed by atoms with van der Waals surface area (Å²) in [4.78, 5) is 14.1. The molecule has 26 heavy (non-hydrogen) atoms. The van der Waals surface area contributed by atoms with Gasteiger partial charge in [0.2, 0.25) is 0 Å². The van der Waals surface area contributed by atoms with Crippen molar-refractivity contribution in [2.75, 3.05) is 10.2 Å². The molecule has 1 atom stereocenters. The van der Waals surface area contributed by atoms with Crippen LogP contribution in [0, 0.1) is 5.82 Å². The van der Waals surface area contributed by atoms with Crippen LogP contribution in [0.5, 0.6) is 0 Å². The summed E-state index contributed by atoms with van der Waals surface area (Å²) >= 11 is 5.94. The fourth-order valence-electron chi connectivity index (χ4n) is 3.00. The maximum atomic E-state index is 13.4. The maximum absolute atomic E-state index is 13.4. The third-order valence-corrected chi connectivity index (χ3v) is 4.66. The lowest BCUT2D eigenvalue weighted by Crippen LogP contribution is -2.44. The Morgan fingerprint density at radius 3 is 2.65 bits per heavy atom. The predicted octanol–water partition coefficient (Wildman–Crippen LogP) is 5.87. The molecular weight excluding hydrogens is 372 g/mol. The van der Waals surface area contributed by atoms with E-state index in [1.54, 1.807) is 0 Å². The molecule has 8 heteroatoms. The van der Waals surface area contributed by atoms with Crippen LogP contribution in [0.4, 0.5) is 33.7 Å². The predicted molar refractivity (Wildman–Crippen MR) is 92.1 cm³/mol.